The highest BCUT2D eigenvalue weighted by Crippen LogP contribution is 2.38. The van der Waals surface area contributed by atoms with Gasteiger partial charge in [-0.1, -0.05) is 35.9 Å². The van der Waals surface area contributed by atoms with Crippen LogP contribution in [-0.4, -0.2) is 37.3 Å². The summed E-state index contributed by atoms with van der Waals surface area (Å²) in [6, 6.07) is 12.7. The predicted molar refractivity (Wildman–Crippen MR) is 142 cm³/mol. The van der Waals surface area contributed by atoms with E-state index in [9.17, 15) is 4.79 Å². The summed E-state index contributed by atoms with van der Waals surface area (Å²) in [6.45, 7) is 3.81. The minimum absolute atomic E-state index is 0.304. The Balaban J connectivity index is 1.40. The average Bonchev–Trinajstić information content (AvgIpc) is 3.56. The molecule has 2 aromatic heterocycles. The van der Waals surface area contributed by atoms with Crippen molar-refractivity contribution in [1.29, 1.82) is 0 Å². The highest BCUT2D eigenvalue weighted by molar-refractivity contribution is 6.31. The van der Waals surface area contributed by atoms with Gasteiger partial charge in [0.2, 0.25) is 0 Å². The van der Waals surface area contributed by atoms with Crippen LogP contribution in [0.5, 0.6) is 0 Å². The van der Waals surface area contributed by atoms with Gasteiger partial charge in [0.15, 0.2) is 0 Å². The minimum atomic E-state index is -0.536. The van der Waals surface area contributed by atoms with Crippen molar-refractivity contribution in [3.05, 3.63) is 93.4 Å². The Morgan fingerprint density at radius 1 is 1.31 bits per heavy atom. The van der Waals surface area contributed by atoms with Crippen LogP contribution in [-0.2, 0) is 31.2 Å². The molecule has 7 nitrogen and oxygen atoms in total. The molecular weight excluding hydrogens is 474 g/mol. The number of aromatic nitrogens is 3. The fourth-order valence-electron chi connectivity index (χ4n) is 5.30. The molecule has 8 heteroatoms. The van der Waals surface area contributed by atoms with Crippen molar-refractivity contribution >= 4 is 34.5 Å². The average molecular weight is 504 g/mol. The van der Waals surface area contributed by atoms with Gasteiger partial charge < -0.3 is 4.98 Å². The zero-order valence-corrected chi connectivity index (χ0v) is 21.2. The lowest BCUT2D eigenvalue weighted by Gasteiger charge is -2.29. The molecule has 4 aromatic rings. The van der Waals surface area contributed by atoms with Crippen LogP contribution in [0.25, 0.3) is 17.0 Å². The van der Waals surface area contributed by atoms with Crippen molar-refractivity contribution in [1.82, 2.24) is 25.1 Å². The molecule has 0 bridgehead atoms. The molecule has 1 aliphatic carbocycles. The number of hydroxylamine groups is 1. The first kappa shape index (κ1) is 24.3. The van der Waals surface area contributed by atoms with Gasteiger partial charge in [-0.05, 0) is 66.6 Å². The molecular formula is C28H30ClN5O2. The predicted octanol–water partition coefficient (Wildman–Crippen LogP) is 5.11. The van der Waals surface area contributed by atoms with Crippen LogP contribution in [0.2, 0.25) is 5.02 Å². The summed E-state index contributed by atoms with van der Waals surface area (Å²) in [5.41, 5.74) is 9.88. The molecule has 186 valence electrons. The van der Waals surface area contributed by atoms with E-state index in [-0.39, 0.29) is 0 Å². The lowest BCUT2D eigenvalue weighted by atomic mass is 10.0. The first-order valence-electron chi connectivity index (χ1n) is 12.1. The van der Waals surface area contributed by atoms with Crippen molar-refractivity contribution in [3.8, 4) is 0 Å². The van der Waals surface area contributed by atoms with Gasteiger partial charge in [-0.25, -0.2) is 5.48 Å². The number of carbonyl (C=O) groups excluding carboxylic acids is 1. The van der Waals surface area contributed by atoms with Crippen LogP contribution in [0.4, 0.5) is 0 Å². The fraction of sp³-hybridized carbons (Fsp3) is 0.286. The van der Waals surface area contributed by atoms with Crippen LogP contribution < -0.4 is 5.48 Å². The number of carbonyl (C=O) groups is 1. The summed E-state index contributed by atoms with van der Waals surface area (Å²) in [7, 11) is 1.97. The number of benzene rings is 2. The number of hydrogen-bond donors (Lipinski definition) is 3. The van der Waals surface area contributed by atoms with E-state index < -0.39 is 5.91 Å². The molecule has 0 saturated heterocycles. The van der Waals surface area contributed by atoms with Gasteiger partial charge in [0.05, 0.1) is 5.69 Å². The third-order valence-corrected chi connectivity index (χ3v) is 7.31. The number of fused-ring (bicyclic) bond motifs is 2. The second-order valence-corrected chi connectivity index (χ2v) is 9.90. The molecule has 1 amide bonds. The highest BCUT2D eigenvalue weighted by Gasteiger charge is 2.29. The van der Waals surface area contributed by atoms with Gasteiger partial charge in [-0.2, -0.15) is 5.10 Å². The fourth-order valence-corrected chi connectivity index (χ4v) is 5.48. The largest absolute Gasteiger partial charge is 0.361 e. The minimum Gasteiger partial charge on any atom is -0.361 e. The molecule has 0 fully saturated rings. The summed E-state index contributed by atoms with van der Waals surface area (Å²) >= 11 is 6.18. The number of nitrogens with zero attached hydrogens (tertiary/aromatic N) is 3. The lowest BCUT2D eigenvalue weighted by Crippen LogP contribution is -2.29. The number of halogens is 1. The van der Waals surface area contributed by atoms with Crippen LogP contribution in [0.15, 0.2) is 54.9 Å². The molecule has 0 saturated carbocycles. The van der Waals surface area contributed by atoms with Crippen molar-refractivity contribution in [3.63, 3.8) is 0 Å². The molecule has 2 heterocycles. The molecule has 1 atom stereocenters. The molecule has 36 heavy (non-hydrogen) atoms. The monoisotopic (exact) mass is 503 g/mol. The molecule has 3 N–H and O–H groups in total. The van der Waals surface area contributed by atoms with Crippen molar-refractivity contribution in [2.45, 2.75) is 38.8 Å². The third-order valence-electron chi connectivity index (χ3n) is 7.08. The van der Waals surface area contributed by atoms with Gasteiger partial charge in [-0.3, -0.25) is 19.6 Å². The summed E-state index contributed by atoms with van der Waals surface area (Å²) in [5, 5.41) is 15.2. The standard InChI is InChI=1S/C28H30ClN5O2/c1-18-22(16-33(2)31-18)17-34(12-11-21-15-30-26-14-23(29)6-8-24(21)26)27-9-5-20-13-19(3-7-25(20)27)4-10-28(35)32-36/h3-4,6-8,10,13-16,27,30,36H,5,9,11-12,17H2,1-2H3,(H,32,35). The van der Waals surface area contributed by atoms with E-state index >= 15 is 0 Å². The molecule has 0 aliphatic heterocycles. The second kappa shape index (κ2) is 10.3. The van der Waals surface area contributed by atoms with Gasteiger partial charge in [-0.15, -0.1) is 0 Å². The van der Waals surface area contributed by atoms with Gasteiger partial charge in [0, 0.05) is 66.1 Å². The Bertz CT molecular complexity index is 1440. The molecule has 0 radical (unpaired) electrons. The van der Waals surface area contributed by atoms with Gasteiger partial charge in [0.25, 0.3) is 5.91 Å². The summed E-state index contributed by atoms with van der Waals surface area (Å²) in [4.78, 5) is 17.3. The van der Waals surface area contributed by atoms with E-state index in [1.807, 2.05) is 29.9 Å². The smallest absolute Gasteiger partial charge is 0.267 e. The molecule has 1 unspecified atom stereocenters. The van der Waals surface area contributed by atoms with Crippen molar-refractivity contribution in [2.24, 2.45) is 7.05 Å². The molecule has 5 rings (SSSR count). The maximum atomic E-state index is 11.4. The van der Waals surface area contributed by atoms with Crippen molar-refractivity contribution in [2.75, 3.05) is 6.54 Å². The normalized spacial score (nSPS) is 15.3. The quantitative estimate of drug-likeness (QED) is 0.177. The van der Waals surface area contributed by atoms with Crippen LogP contribution in [0, 0.1) is 6.92 Å². The van der Waals surface area contributed by atoms with E-state index in [2.05, 4.69) is 52.5 Å². The first-order chi connectivity index (χ1) is 17.4. The molecule has 0 spiro atoms. The van der Waals surface area contributed by atoms with E-state index in [0.717, 1.165) is 54.1 Å². The van der Waals surface area contributed by atoms with Crippen LogP contribution >= 0.6 is 11.6 Å². The second-order valence-electron chi connectivity index (χ2n) is 9.46. The first-order valence-corrected chi connectivity index (χ1v) is 12.5. The Kier molecular flexibility index (Phi) is 6.96. The highest BCUT2D eigenvalue weighted by atomic mass is 35.5. The number of nitrogens with one attached hydrogen (secondary N) is 2. The number of rotatable bonds is 8. The van der Waals surface area contributed by atoms with Crippen LogP contribution in [0.1, 0.15) is 46.0 Å². The van der Waals surface area contributed by atoms with E-state index in [1.165, 1.54) is 33.7 Å². The number of hydrogen-bond acceptors (Lipinski definition) is 4. The Hall–Kier alpha value is -3.39. The number of aryl methyl sites for hydroxylation is 3. The topological polar surface area (TPSA) is 86.2 Å². The number of amides is 1. The van der Waals surface area contributed by atoms with Crippen molar-refractivity contribution < 1.29 is 10.0 Å². The number of aromatic amines is 1. The molecule has 1 aliphatic rings. The maximum Gasteiger partial charge on any atom is 0.267 e. The Labute approximate surface area is 215 Å². The lowest BCUT2D eigenvalue weighted by molar-refractivity contribution is -0.124. The molecule has 2 aromatic carbocycles. The van der Waals surface area contributed by atoms with E-state index in [4.69, 9.17) is 16.8 Å². The van der Waals surface area contributed by atoms with E-state index in [1.54, 1.807) is 11.6 Å². The number of H-pyrrole nitrogens is 1. The zero-order valence-electron chi connectivity index (χ0n) is 20.5. The Morgan fingerprint density at radius 3 is 2.94 bits per heavy atom. The van der Waals surface area contributed by atoms with Crippen LogP contribution in [0.3, 0.4) is 0 Å². The van der Waals surface area contributed by atoms with E-state index in [0.29, 0.717) is 6.04 Å². The third kappa shape index (κ3) is 5.09. The van der Waals surface area contributed by atoms with Gasteiger partial charge >= 0.3 is 0 Å². The SMILES string of the molecule is Cc1nn(C)cc1CN(CCc1c[nH]c2cc(Cl)ccc12)C1CCc2cc(C=CC(=O)NO)ccc21. The maximum absolute atomic E-state index is 11.4. The summed E-state index contributed by atoms with van der Waals surface area (Å²) < 4.78 is 1.88. The Morgan fingerprint density at radius 2 is 2.17 bits per heavy atom. The zero-order chi connectivity index (χ0) is 25.2. The summed E-state index contributed by atoms with van der Waals surface area (Å²) in [5.74, 6) is -0.536. The summed E-state index contributed by atoms with van der Waals surface area (Å²) in [6.07, 6.45) is 10.2. The van der Waals surface area contributed by atoms with Gasteiger partial charge in [0.1, 0.15) is 0 Å².